The maximum Gasteiger partial charge on any atom is 0.319 e. The number of carbonyl (C=O) groups is 1. The van der Waals surface area contributed by atoms with E-state index in [2.05, 4.69) is 16.7 Å². The van der Waals surface area contributed by atoms with E-state index in [1.54, 1.807) is 12.1 Å². The summed E-state index contributed by atoms with van der Waals surface area (Å²) in [6.07, 6.45) is 0. The Hall–Kier alpha value is -2.51. The standard InChI is InChI=1S/C16H14ClN3O/c17-9-10-19-16(21)20-15-7-5-14(6-8-15)13-3-1-12(11-18)2-4-13/h1-8H,9-10H2,(H2,19,20,21). The minimum atomic E-state index is -0.276. The molecule has 0 aliphatic carbocycles. The number of halogens is 1. The monoisotopic (exact) mass is 299 g/mol. The summed E-state index contributed by atoms with van der Waals surface area (Å²) >= 11 is 5.50. The van der Waals surface area contributed by atoms with Crippen LogP contribution in [0.5, 0.6) is 0 Å². The first kappa shape index (κ1) is 14.9. The van der Waals surface area contributed by atoms with Crippen LogP contribution in [0.1, 0.15) is 5.56 Å². The number of alkyl halides is 1. The molecule has 0 unspecified atom stereocenters. The van der Waals surface area contributed by atoms with Crippen molar-refractivity contribution >= 4 is 23.3 Å². The van der Waals surface area contributed by atoms with E-state index in [4.69, 9.17) is 16.9 Å². The molecule has 0 spiro atoms. The number of carbonyl (C=O) groups excluding carboxylic acids is 1. The summed E-state index contributed by atoms with van der Waals surface area (Å²) in [6.45, 7) is 0.427. The fourth-order valence-electron chi connectivity index (χ4n) is 1.82. The van der Waals surface area contributed by atoms with Gasteiger partial charge >= 0.3 is 6.03 Å². The van der Waals surface area contributed by atoms with Gasteiger partial charge < -0.3 is 10.6 Å². The van der Waals surface area contributed by atoms with Crippen LogP contribution in [0.3, 0.4) is 0 Å². The Labute approximate surface area is 128 Å². The van der Waals surface area contributed by atoms with Gasteiger partial charge in [0.25, 0.3) is 0 Å². The van der Waals surface area contributed by atoms with Gasteiger partial charge in [0, 0.05) is 18.1 Å². The largest absolute Gasteiger partial charge is 0.337 e. The molecule has 2 aromatic carbocycles. The van der Waals surface area contributed by atoms with E-state index < -0.39 is 0 Å². The molecule has 5 heteroatoms. The topological polar surface area (TPSA) is 64.9 Å². The molecule has 21 heavy (non-hydrogen) atoms. The highest BCUT2D eigenvalue weighted by atomic mass is 35.5. The van der Waals surface area contributed by atoms with Crippen LogP contribution in [-0.2, 0) is 0 Å². The summed E-state index contributed by atoms with van der Waals surface area (Å²) < 4.78 is 0. The lowest BCUT2D eigenvalue weighted by Crippen LogP contribution is -2.30. The second kappa shape index (κ2) is 7.32. The summed E-state index contributed by atoms with van der Waals surface area (Å²) in [7, 11) is 0. The van der Waals surface area contributed by atoms with Crippen LogP contribution >= 0.6 is 11.6 Å². The van der Waals surface area contributed by atoms with Crippen LogP contribution < -0.4 is 10.6 Å². The third kappa shape index (κ3) is 4.23. The lowest BCUT2D eigenvalue weighted by molar-refractivity contribution is 0.252. The number of nitriles is 1. The van der Waals surface area contributed by atoms with Gasteiger partial charge in [-0.25, -0.2) is 4.79 Å². The molecule has 2 aromatic rings. The van der Waals surface area contributed by atoms with Gasteiger partial charge in [-0.05, 0) is 35.4 Å². The molecule has 0 saturated carbocycles. The molecule has 0 atom stereocenters. The number of hydrogen-bond donors (Lipinski definition) is 2. The van der Waals surface area contributed by atoms with E-state index >= 15 is 0 Å². The van der Waals surface area contributed by atoms with Crippen LogP contribution in [-0.4, -0.2) is 18.5 Å². The number of nitrogens with zero attached hydrogens (tertiary/aromatic N) is 1. The number of benzene rings is 2. The van der Waals surface area contributed by atoms with E-state index in [0.717, 1.165) is 11.1 Å². The quantitative estimate of drug-likeness (QED) is 0.847. The van der Waals surface area contributed by atoms with Crippen molar-refractivity contribution in [3.8, 4) is 17.2 Å². The maximum atomic E-state index is 11.5. The van der Waals surface area contributed by atoms with Gasteiger partial charge in [0.15, 0.2) is 0 Å². The molecule has 0 bridgehead atoms. The average Bonchev–Trinajstić information content (AvgIpc) is 2.54. The number of anilines is 1. The molecule has 2 rings (SSSR count). The second-order valence-corrected chi connectivity index (χ2v) is 4.71. The van der Waals surface area contributed by atoms with Gasteiger partial charge in [0.1, 0.15) is 0 Å². The van der Waals surface area contributed by atoms with Crippen molar-refractivity contribution in [2.45, 2.75) is 0 Å². The molecule has 0 aliphatic heterocycles. The number of hydrogen-bond acceptors (Lipinski definition) is 2. The Bertz CT molecular complexity index is 645. The molecular formula is C16H14ClN3O. The zero-order valence-corrected chi connectivity index (χ0v) is 12.0. The molecule has 0 fully saturated rings. The molecule has 0 saturated heterocycles. The lowest BCUT2D eigenvalue weighted by Gasteiger charge is -2.07. The van der Waals surface area contributed by atoms with Crippen molar-refractivity contribution in [1.82, 2.24) is 5.32 Å². The Balaban J connectivity index is 2.04. The van der Waals surface area contributed by atoms with Crippen molar-refractivity contribution in [3.63, 3.8) is 0 Å². The first-order chi connectivity index (χ1) is 10.2. The van der Waals surface area contributed by atoms with Gasteiger partial charge in [-0.1, -0.05) is 24.3 Å². The third-order valence-electron chi connectivity index (χ3n) is 2.87. The molecule has 0 heterocycles. The van der Waals surface area contributed by atoms with Gasteiger partial charge in [-0.3, -0.25) is 0 Å². The van der Waals surface area contributed by atoms with Crippen LogP contribution in [0.4, 0.5) is 10.5 Å². The Morgan fingerprint density at radius 2 is 1.62 bits per heavy atom. The molecule has 2 amide bonds. The van der Waals surface area contributed by atoms with Crippen LogP contribution in [0.2, 0.25) is 0 Å². The number of amides is 2. The molecule has 4 nitrogen and oxygen atoms in total. The molecular weight excluding hydrogens is 286 g/mol. The summed E-state index contributed by atoms with van der Waals surface area (Å²) in [5, 5.41) is 14.1. The molecule has 0 aromatic heterocycles. The minimum Gasteiger partial charge on any atom is -0.337 e. The third-order valence-corrected chi connectivity index (χ3v) is 3.06. The van der Waals surface area contributed by atoms with E-state index in [1.807, 2.05) is 36.4 Å². The van der Waals surface area contributed by atoms with Gasteiger partial charge in [-0.15, -0.1) is 11.6 Å². The van der Waals surface area contributed by atoms with E-state index in [-0.39, 0.29) is 6.03 Å². The van der Waals surface area contributed by atoms with Crippen molar-refractivity contribution in [2.24, 2.45) is 0 Å². The smallest absolute Gasteiger partial charge is 0.319 e. The Morgan fingerprint density at radius 1 is 1.05 bits per heavy atom. The fraction of sp³-hybridized carbons (Fsp3) is 0.125. The molecule has 106 valence electrons. The number of rotatable bonds is 4. The van der Waals surface area contributed by atoms with E-state index in [0.29, 0.717) is 23.7 Å². The molecule has 2 N–H and O–H groups in total. The Kier molecular flexibility index (Phi) is 5.19. The fourth-order valence-corrected chi connectivity index (χ4v) is 1.91. The summed E-state index contributed by atoms with van der Waals surface area (Å²) in [5.41, 5.74) is 3.38. The Morgan fingerprint density at radius 3 is 2.14 bits per heavy atom. The first-order valence-electron chi connectivity index (χ1n) is 6.44. The highest BCUT2D eigenvalue weighted by Crippen LogP contribution is 2.21. The summed E-state index contributed by atoms with van der Waals surface area (Å²) in [4.78, 5) is 11.5. The SMILES string of the molecule is N#Cc1ccc(-c2ccc(NC(=O)NCCCl)cc2)cc1. The zero-order valence-electron chi connectivity index (χ0n) is 11.3. The summed E-state index contributed by atoms with van der Waals surface area (Å²) in [5.74, 6) is 0.380. The predicted octanol–water partition coefficient (Wildman–Crippen LogP) is 3.59. The zero-order chi connectivity index (χ0) is 15.1. The van der Waals surface area contributed by atoms with Crippen LogP contribution in [0, 0.1) is 11.3 Å². The van der Waals surface area contributed by atoms with E-state index in [1.165, 1.54) is 0 Å². The maximum absolute atomic E-state index is 11.5. The summed E-state index contributed by atoms with van der Waals surface area (Å²) in [6, 6.07) is 16.6. The normalized spacial score (nSPS) is 9.71. The number of nitrogens with one attached hydrogen (secondary N) is 2. The van der Waals surface area contributed by atoms with Gasteiger partial charge in [0.2, 0.25) is 0 Å². The minimum absolute atomic E-state index is 0.276. The first-order valence-corrected chi connectivity index (χ1v) is 6.98. The molecule has 0 radical (unpaired) electrons. The van der Waals surface area contributed by atoms with Crippen molar-refractivity contribution < 1.29 is 4.79 Å². The van der Waals surface area contributed by atoms with Crippen molar-refractivity contribution in [1.29, 1.82) is 5.26 Å². The highest BCUT2D eigenvalue weighted by molar-refractivity contribution is 6.18. The van der Waals surface area contributed by atoms with Gasteiger partial charge in [-0.2, -0.15) is 5.26 Å². The average molecular weight is 300 g/mol. The van der Waals surface area contributed by atoms with Crippen LogP contribution in [0.25, 0.3) is 11.1 Å². The van der Waals surface area contributed by atoms with Crippen molar-refractivity contribution in [2.75, 3.05) is 17.7 Å². The predicted molar refractivity (Wildman–Crippen MR) is 84.3 cm³/mol. The molecule has 0 aliphatic rings. The number of urea groups is 1. The highest BCUT2D eigenvalue weighted by Gasteiger charge is 2.02. The van der Waals surface area contributed by atoms with E-state index in [9.17, 15) is 4.79 Å². The second-order valence-electron chi connectivity index (χ2n) is 4.34. The van der Waals surface area contributed by atoms with Crippen molar-refractivity contribution in [3.05, 3.63) is 54.1 Å². The van der Waals surface area contributed by atoms with Gasteiger partial charge in [0.05, 0.1) is 11.6 Å². The lowest BCUT2D eigenvalue weighted by atomic mass is 10.0. The van der Waals surface area contributed by atoms with Crippen LogP contribution in [0.15, 0.2) is 48.5 Å².